The fraction of sp³-hybridized carbons (Fsp3) is 0.625. The van der Waals surface area contributed by atoms with Crippen LogP contribution >= 0.6 is 0 Å². The van der Waals surface area contributed by atoms with Crippen LogP contribution in [0.3, 0.4) is 0 Å². The number of aryl methyl sites for hydroxylation is 1. The zero-order valence-corrected chi connectivity index (χ0v) is 12.0. The van der Waals surface area contributed by atoms with Crippen LogP contribution in [0.5, 0.6) is 5.75 Å². The standard InChI is InChI=1S/C16H24N2O/c1-12-10-15(19-2)7-8-16(12)18-9-3-4-14(11-18)17-13-5-6-13/h7-8,10,13-14,17H,3-6,9,11H2,1-2H3. The van der Waals surface area contributed by atoms with Gasteiger partial charge in [-0.3, -0.25) is 0 Å². The summed E-state index contributed by atoms with van der Waals surface area (Å²) in [6, 6.07) is 7.88. The van der Waals surface area contributed by atoms with Gasteiger partial charge in [0.05, 0.1) is 7.11 Å². The van der Waals surface area contributed by atoms with Gasteiger partial charge >= 0.3 is 0 Å². The van der Waals surface area contributed by atoms with Crippen LogP contribution in [0.4, 0.5) is 5.69 Å². The summed E-state index contributed by atoms with van der Waals surface area (Å²) in [4.78, 5) is 2.53. The molecule has 1 aliphatic heterocycles. The highest BCUT2D eigenvalue weighted by molar-refractivity contribution is 5.56. The number of anilines is 1. The van der Waals surface area contributed by atoms with E-state index in [1.54, 1.807) is 7.11 Å². The molecule has 1 aliphatic carbocycles. The van der Waals surface area contributed by atoms with Crippen LogP contribution < -0.4 is 15.0 Å². The maximum atomic E-state index is 5.29. The predicted molar refractivity (Wildman–Crippen MR) is 79.1 cm³/mol. The molecule has 2 aliphatic rings. The van der Waals surface area contributed by atoms with E-state index >= 15 is 0 Å². The Morgan fingerprint density at radius 2 is 2.05 bits per heavy atom. The Labute approximate surface area is 115 Å². The topological polar surface area (TPSA) is 24.5 Å². The molecule has 19 heavy (non-hydrogen) atoms. The van der Waals surface area contributed by atoms with E-state index in [0.29, 0.717) is 6.04 Å². The monoisotopic (exact) mass is 260 g/mol. The van der Waals surface area contributed by atoms with Crippen molar-refractivity contribution in [3.63, 3.8) is 0 Å². The molecular weight excluding hydrogens is 236 g/mol. The van der Waals surface area contributed by atoms with Crippen molar-refractivity contribution in [2.45, 2.75) is 44.7 Å². The lowest BCUT2D eigenvalue weighted by atomic mass is 10.0. The summed E-state index contributed by atoms with van der Waals surface area (Å²) in [6.07, 6.45) is 5.36. The number of hydrogen-bond donors (Lipinski definition) is 1. The molecule has 0 bridgehead atoms. The molecule has 1 saturated carbocycles. The summed E-state index contributed by atoms with van der Waals surface area (Å²) in [5.74, 6) is 0.950. The van der Waals surface area contributed by atoms with E-state index in [9.17, 15) is 0 Å². The molecule has 1 N–H and O–H groups in total. The smallest absolute Gasteiger partial charge is 0.119 e. The lowest BCUT2D eigenvalue weighted by molar-refractivity contribution is 0.412. The van der Waals surface area contributed by atoms with Gasteiger partial charge < -0.3 is 15.0 Å². The summed E-state index contributed by atoms with van der Waals surface area (Å²) in [5, 5.41) is 3.77. The Kier molecular flexibility index (Phi) is 3.65. The number of piperidine rings is 1. The summed E-state index contributed by atoms with van der Waals surface area (Å²) in [5.41, 5.74) is 2.68. The van der Waals surface area contributed by atoms with Gasteiger partial charge in [-0.1, -0.05) is 0 Å². The van der Waals surface area contributed by atoms with Crippen molar-refractivity contribution < 1.29 is 4.74 Å². The SMILES string of the molecule is COc1ccc(N2CCCC(NC3CC3)C2)c(C)c1. The highest BCUT2D eigenvalue weighted by Crippen LogP contribution is 2.28. The number of hydrogen-bond acceptors (Lipinski definition) is 3. The van der Waals surface area contributed by atoms with Crippen LogP contribution in [-0.2, 0) is 0 Å². The maximum absolute atomic E-state index is 5.29. The molecule has 104 valence electrons. The minimum absolute atomic E-state index is 0.669. The van der Waals surface area contributed by atoms with Crippen molar-refractivity contribution in [3.8, 4) is 5.75 Å². The van der Waals surface area contributed by atoms with Gasteiger partial charge in [-0.25, -0.2) is 0 Å². The molecule has 3 rings (SSSR count). The van der Waals surface area contributed by atoms with E-state index in [-0.39, 0.29) is 0 Å². The first kappa shape index (κ1) is 12.8. The Hall–Kier alpha value is -1.22. The highest BCUT2D eigenvalue weighted by atomic mass is 16.5. The first-order valence-electron chi connectivity index (χ1n) is 7.42. The minimum Gasteiger partial charge on any atom is -0.497 e. The van der Waals surface area contributed by atoms with Crippen LogP contribution in [0, 0.1) is 6.92 Å². The fourth-order valence-electron chi connectivity index (χ4n) is 3.03. The third kappa shape index (κ3) is 3.03. The Bertz CT molecular complexity index is 442. The summed E-state index contributed by atoms with van der Waals surface area (Å²) in [6.45, 7) is 4.50. The van der Waals surface area contributed by atoms with E-state index in [1.807, 2.05) is 0 Å². The van der Waals surface area contributed by atoms with E-state index in [1.165, 1.54) is 43.5 Å². The molecule has 0 amide bonds. The number of methoxy groups -OCH3 is 1. The predicted octanol–water partition coefficient (Wildman–Crippen LogP) is 2.72. The maximum Gasteiger partial charge on any atom is 0.119 e. The van der Waals surface area contributed by atoms with Gasteiger partial charge in [-0.15, -0.1) is 0 Å². The van der Waals surface area contributed by atoms with Crippen molar-refractivity contribution in [3.05, 3.63) is 23.8 Å². The second kappa shape index (κ2) is 5.41. The molecular formula is C16H24N2O. The largest absolute Gasteiger partial charge is 0.497 e. The van der Waals surface area contributed by atoms with Crippen molar-refractivity contribution in [2.24, 2.45) is 0 Å². The van der Waals surface area contributed by atoms with Gasteiger partial charge in [0.15, 0.2) is 0 Å². The van der Waals surface area contributed by atoms with E-state index in [2.05, 4.69) is 35.3 Å². The first-order valence-corrected chi connectivity index (χ1v) is 7.42. The third-order valence-electron chi connectivity index (χ3n) is 4.21. The van der Waals surface area contributed by atoms with Crippen LogP contribution in [0.25, 0.3) is 0 Å². The molecule has 1 atom stereocenters. The van der Waals surface area contributed by atoms with Gasteiger partial charge in [0.25, 0.3) is 0 Å². The Morgan fingerprint density at radius 3 is 2.74 bits per heavy atom. The van der Waals surface area contributed by atoms with Crippen LogP contribution in [0.2, 0.25) is 0 Å². The number of nitrogens with zero attached hydrogens (tertiary/aromatic N) is 1. The van der Waals surface area contributed by atoms with Gasteiger partial charge in [0.2, 0.25) is 0 Å². The lowest BCUT2D eigenvalue weighted by Crippen LogP contribution is -2.46. The van der Waals surface area contributed by atoms with Crippen molar-refractivity contribution in [1.29, 1.82) is 0 Å². The van der Waals surface area contributed by atoms with Gasteiger partial charge in [-0.05, 0) is 56.4 Å². The second-order valence-electron chi connectivity index (χ2n) is 5.88. The van der Waals surface area contributed by atoms with Gasteiger partial charge in [0, 0.05) is 30.9 Å². The zero-order valence-electron chi connectivity index (χ0n) is 12.0. The van der Waals surface area contributed by atoms with Gasteiger partial charge in [-0.2, -0.15) is 0 Å². The van der Waals surface area contributed by atoms with Gasteiger partial charge in [0.1, 0.15) is 5.75 Å². The molecule has 0 aromatic heterocycles. The number of ether oxygens (including phenoxy) is 1. The molecule has 1 saturated heterocycles. The number of nitrogens with one attached hydrogen (secondary N) is 1. The molecule has 2 fully saturated rings. The van der Waals surface area contributed by atoms with Crippen molar-refractivity contribution >= 4 is 5.69 Å². The van der Waals surface area contributed by atoms with E-state index in [0.717, 1.165) is 18.3 Å². The summed E-state index contributed by atoms with van der Waals surface area (Å²) < 4.78 is 5.29. The quantitative estimate of drug-likeness (QED) is 0.901. The average Bonchev–Trinajstić information content (AvgIpc) is 3.23. The number of rotatable bonds is 4. The van der Waals surface area contributed by atoms with Crippen LogP contribution in [-0.4, -0.2) is 32.3 Å². The Balaban J connectivity index is 1.69. The van der Waals surface area contributed by atoms with Crippen LogP contribution in [0.1, 0.15) is 31.2 Å². The second-order valence-corrected chi connectivity index (χ2v) is 5.88. The molecule has 1 unspecified atom stereocenters. The van der Waals surface area contributed by atoms with E-state index < -0.39 is 0 Å². The van der Waals surface area contributed by atoms with Crippen molar-refractivity contribution in [1.82, 2.24) is 5.32 Å². The number of benzene rings is 1. The normalized spacial score (nSPS) is 23.5. The third-order valence-corrected chi connectivity index (χ3v) is 4.21. The lowest BCUT2D eigenvalue weighted by Gasteiger charge is -2.36. The van der Waals surface area contributed by atoms with Crippen molar-refractivity contribution in [2.75, 3.05) is 25.1 Å². The zero-order chi connectivity index (χ0) is 13.2. The molecule has 1 aromatic carbocycles. The Morgan fingerprint density at radius 1 is 1.21 bits per heavy atom. The first-order chi connectivity index (χ1) is 9.26. The minimum atomic E-state index is 0.669. The highest BCUT2D eigenvalue weighted by Gasteiger charge is 2.28. The molecule has 0 radical (unpaired) electrons. The molecule has 3 nitrogen and oxygen atoms in total. The summed E-state index contributed by atoms with van der Waals surface area (Å²) in [7, 11) is 1.73. The van der Waals surface area contributed by atoms with E-state index in [4.69, 9.17) is 4.74 Å². The molecule has 3 heteroatoms. The molecule has 1 aromatic rings. The molecule has 0 spiro atoms. The fourth-order valence-corrected chi connectivity index (χ4v) is 3.03. The van der Waals surface area contributed by atoms with Crippen LogP contribution in [0.15, 0.2) is 18.2 Å². The summed E-state index contributed by atoms with van der Waals surface area (Å²) >= 11 is 0. The molecule has 1 heterocycles. The average molecular weight is 260 g/mol.